The maximum Gasteiger partial charge on any atom is 0.472 e. The van der Waals surface area contributed by atoms with E-state index in [0.29, 0.717) is 0 Å². The fraction of sp³-hybridized carbons (Fsp3) is 0.667. The largest absolute Gasteiger partial charge is 0.472 e. The molecule has 0 saturated heterocycles. The summed E-state index contributed by atoms with van der Waals surface area (Å²) in [7, 11) is -4.05. The van der Waals surface area contributed by atoms with Gasteiger partial charge < -0.3 is 4.89 Å². The van der Waals surface area contributed by atoms with E-state index in [1.165, 1.54) is 0 Å². The highest BCUT2D eigenvalue weighted by atomic mass is 31.2. The Labute approximate surface area is 75.9 Å². The van der Waals surface area contributed by atoms with Gasteiger partial charge in [0.2, 0.25) is 0 Å². The van der Waals surface area contributed by atoms with Crippen LogP contribution in [0.5, 0.6) is 0 Å². The molecule has 0 aromatic heterocycles. The minimum atomic E-state index is -4.05. The van der Waals surface area contributed by atoms with Gasteiger partial charge in [-0.15, -0.1) is 0 Å². The Balaban J connectivity index is 3.63. The minimum Gasteiger partial charge on any atom is -0.302 e. The van der Waals surface area contributed by atoms with Crippen LogP contribution in [0.3, 0.4) is 0 Å². The van der Waals surface area contributed by atoms with E-state index in [4.69, 9.17) is 15.4 Å². The van der Waals surface area contributed by atoms with Crippen molar-refractivity contribution in [2.24, 2.45) is 0 Å². The van der Waals surface area contributed by atoms with Crippen LogP contribution in [0, 0.1) is 22.7 Å². The lowest BCUT2D eigenvalue weighted by molar-refractivity contribution is 0.154. The fourth-order valence-electron chi connectivity index (χ4n) is 0.451. The second-order valence-corrected chi connectivity index (χ2v) is 3.40. The highest BCUT2D eigenvalue weighted by Gasteiger charge is 2.19. The number of nitrogens with zero attached hydrogens (tertiary/aromatic N) is 2. The van der Waals surface area contributed by atoms with Crippen LogP contribution in [0.15, 0.2) is 0 Å². The molecule has 0 aliphatic rings. The van der Waals surface area contributed by atoms with E-state index in [-0.39, 0.29) is 26.1 Å². The Hall–Kier alpha value is -0.910. The molecule has 0 saturated carbocycles. The monoisotopic (exact) mass is 204 g/mol. The van der Waals surface area contributed by atoms with Crippen LogP contribution in [0.4, 0.5) is 0 Å². The third-order valence-electron chi connectivity index (χ3n) is 0.937. The van der Waals surface area contributed by atoms with Gasteiger partial charge in [-0.3, -0.25) is 9.05 Å². The van der Waals surface area contributed by atoms with Gasteiger partial charge in [0.1, 0.15) is 0 Å². The van der Waals surface area contributed by atoms with Crippen LogP contribution in [0.2, 0.25) is 0 Å². The zero-order valence-corrected chi connectivity index (χ0v) is 7.74. The highest BCUT2D eigenvalue weighted by Crippen LogP contribution is 2.43. The lowest BCUT2D eigenvalue weighted by Crippen LogP contribution is -1.97. The summed E-state index contributed by atoms with van der Waals surface area (Å²) in [5.74, 6) is 0. The quantitative estimate of drug-likeness (QED) is 0.510. The van der Waals surface area contributed by atoms with Crippen molar-refractivity contribution < 1.29 is 18.5 Å². The van der Waals surface area contributed by atoms with Crippen molar-refractivity contribution >= 4 is 7.82 Å². The first-order chi connectivity index (χ1) is 6.12. The first kappa shape index (κ1) is 12.1. The maximum absolute atomic E-state index is 10.9. The van der Waals surface area contributed by atoms with Gasteiger partial charge in [0.25, 0.3) is 0 Å². The number of hydrogen-bond donors (Lipinski definition) is 1. The summed E-state index contributed by atoms with van der Waals surface area (Å²) in [6.45, 7) is -0.312. The van der Waals surface area contributed by atoms with E-state index < -0.39 is 7.82 Å². The Morgan fingerprint density at radius 2 is 1.54 bits per heavy atom. The van der Waals surface area contributed by atoms with Crippen LogP contribution in [0.25, 0.3) is 0 Å². The van der Waals surface area contributed by atoms with Gasteiger partial charge in [0.05, 0.1) is 38.2 Å². The molecule has 72 valence electrons. The van der Waals surface area contributed by atoms with Gasteiger partial charge in [-0.1, -0.05) is 0 Å². The number of rotatable bonds is 6. The molecule has 6 nitrogen and oxygen atoms in total. The van der Waals surface area contributed by atoms with E-state index in [9.17, 15) is 4.57 Å². The van der Waals surface area contributed by atoms with Crippen molar-refractivity contribution in [3.8, 4) is 12.1 Å². The van der Waals surface area contributed by atoms with E-state index in [0.717, 1.165) is 0 Å². The average molecular weight is 204 g/mol. The van der Waals surface area contributed by atoms with Crippen molar-refractivity contribution in [3.63, 3.8) is 0 Å². The molecular weight excluding hydrogens is 195 g/mol. The number of hydrogen-bond acceptors (Lipinski definition) is 5. The summed E-state index contributed by atoms with van der Waals surface area (Å²) < 4.78 is 19.6. The molecule has 0 amide bonds. The molecule has 0 bridgehead atoms. The molecule has 1 N–H and O–H groups in total. The van der Waals surface area contributed by atoms with Crippen molar-refractivity contribution in [1.29, 1.82) is 10.5 Å². The Bertz CT molecular complexity index is 243. The number of phosphoric acid groups is 1. The van der Waals surface area contributed by atoms with Crippen molar-refractivity contribution in [3.05, 3.63) is 0 Å². The summed E-state index contributed by atoms with van der Waals surface area (Å²) in [4.78, 5) is 8.86. The van der Waals surface area contributed by atoms with Crippen LogP contribution in [-0.4, -0.2) is 18.1 Å². The summed E-state index contributed by atoms with van der Waals surface area (Å²) in [6, 6.07) is 3.48. The normalized spacial score (nSPS) is 10.4. The summed E-state index contributed by atoms with van der Waals surface area (Å²) in [5.41, 5.74) is 0. The molecule has 0 heterocycles. The summed E-state index contributed by atoms with van der Waals surface area (Å²) >= 11 is 0. The molecule has 0 fully saturated rings. The molecule has 0 unspecified atom stereocenters. The molecule has 0 atom stereocenters. The van der Waals surface area contributed by atoms with Gasteiger partial charge >= 0.3 is 7.82 Å². The van der Waals surface area contributed by atoms with Crippen molar-refractivity contribution in [2.75, 3.05) is 13.2 Å². The van der Waals surface area contributed by atoms with Gasteiger partial charge in [0, 0.05) is 0 Å². The molecule has 0 spiro atoms. The predicted molar refractivity (Wildman–Crippen MR) is 42.2 cm³/mol. The summed E-state index contributed by atoms with van der Waals surface area (Å²) in [5, 5.41) is 16.2. The van der Waals surface area contributed by atoms with Crippen molar-refractivity contribution in [2.45, 2.75) is 12.8 Å². The molecule has 13 heavy (non-hydrogen) atoms. The van der Waals surface area contributed by atoms with Crippen molar-refractivity contribution in [1.82, 2.24) is 0 Å². The Kier molecular flexibility index (Phi) is 6.13. The van der Waals surface area contributed by atoms with E-state index in [1.54, 1.807) is 12.1 Å². The fourth-order valence-corrected chi connectivity index (χ4v) is 1.17. The van der Waals surface area contributed by atoms with Crippen LogP contribution in [-0.2, 0) is 13.6 Å². The average Bonchev–Trinajstić information content (AvgIpc) is 2.05. The van der Waals surface area contributed by atoms with Gasteiger partial charge in [-0.25, -0.2) is 4.57 Å². The maximum atomic E-state index is 10.9. The van der Waals surface area contributed by atoms with Gasteiger partial charge in [-0.05, 0) is 0 Å². The first-order valence-electron chi connectivity index (χ1n) is 3.48. The van der Waals surface area contributed by atoms with E-state index >= 15 is 0 Å². The molecule has 0 aromatic carbocycles. The van der Waals surface area contributed by atoms with Crippen LogP contribution >= 0.6 is 7.82 Å². The first-order valence-corrected chi connectivity index (χ1v) is 4.97. The third-order valence-corrected chi connectivity index (χ3v) is 1.95. The second kappa shape index (κ2) is 6.59. The van der Waals surface area contributed by atoms with Gasteiger partial charge in [-0.2, -0.15) is 10.5 Å². The zero-order valence-electron chi connectivity index (χ0n) is 6.84. The third kappa shape index (κ3) is 7.45. The Morgan fingerprint density at radius 1 is 1.15 bits per heavy atom. The minimum absolute atomic E-state index is 0.0200. The smallest absolute Gasteiger partial charge is 0.302 e. The number of phosphoric ester groups is 1. The molecule has 0 aliphatic heterocycles. The predicted octanol–water partition coefficient (Wildman–Crippen LogP) is 0.947. The molecule has 7 heteroatoms. The molecule has 0 aliphatic carbocycles. The highest BCUT2D eigenvalue weighted by molar-refractivity contribution is 7.47. The van der Waals surface area contributed by atoms with E-state index in [1.807, 2.05) is 0 Å². The van der Waals surface area contributed by atoms with Crippen LogP contribution < -0.4 is 0 Å². The topological polar surface area (TPSA) is 103 Å². The standard InChI is InChI=1S/C6H9N2O4P/c7-3-1-5-11-13(9,10)12-6-2-4-8/h1-2,5-6H2,(H,9,10). The SMILES string of the molecule is N#CCCOP(=O)(O)OCCC#N. The van der Waals surface area contributed by atoms with Gasteiger partial charge in [0.15, 0.2) is 0 Å². The van der Waals surface area contributed by atoms with Crippen LogP contribution in [0.1, 0.15) is 12.8 Å². The molecule has 0 radical (unpaired) electrons. The second-order valence-electron chi connectivity index (χ2n) is 1.95. The lowest BCUT2D eigenvalue weighted by Gasteiger charge is -2.09. The molecule has 0 rings (SSSR count). The Morgan fingerprint density at radius 3 is 1.85 bits per heavy atom. The summed E-state index contributed by atoms with van der Waals surface area (Å²) in [6.07, 6.45) is 0.0400. The lowest BCUT2D eigenvalue weighted by atomic mass is 10.5. The van der Waals surface area contributed by atoms with E-state index in [2.05, 4.69) is 9.05 Å². The molecular formula is C6H9N2O4P. The molecule has 0 aromatic rings. The zero-order chi connectivity index (χ0) is 10.2. The number of nitriles is 2.